The van der Waals surface area contributed by atoms with Crippen LogP contribution in [-0.4, -0.2) is 51.8 Å². The van der Waals surface area contributed by atoms with Crippen LogP contribution in [0.4, 0.5) is 10.1 Å². The van der Waals surface area contributed by atoms with Gasteiger partial charge in [0.25, 0.3) is 0 Å². The van der Waals surface area contributed by atoms with Crippen LogP contribution < -0.4 is 19.5 Å². The van der Waals surface area contributed by atoms with Gasteiger partial charge in [0, 0.05) is 12.6 Å². The number of halogens is 1. The molecule has 0 spiro atoms. The molecule has 2 aromatic carbocycles. The fourth-order valence-electron chi connectivity index (χ4n) is 2.29. The molecule has 0 radical (unpaired) electrons. The zero-order valence-electron chi connectivity index (χ0n) is 15.1. The minimum absolute atomic E-state index is 0.163. The monoisotopic (exact) mass is 362 g/mol. The van der Waals surface area contributed by atoms with Crippen molar-refractivity contribution >= 4 is 11.6 Å². The lowest BCUT2D eigenvalue weighted by atomic mass is 10.2. The number of amides is 1. The van der Waals surface area contributed by atoms with Gasteiger partial charge < -0.3 is 19.5 Å². The summed E-state index contributed by atoms with van der Waals surface area (Å²) in [4.78, 5) is 14.0. The van der Waals surface area contributed by atoms with E-state index in [1.807, 2.05) is 0 Å². The third kappa shape index (κ3) is 5.63. The number of methoxy groups -OCH3 is 2. The van der Waals surface area contributed by atoms with Crippen LogP contribution in [0.5, 0.6) is 17.2 Å². The van der Waals surface area contributed by atoms with E-state index < -0.39 is 5.82 Å². The molecule has 0 aliphatic heterocycles. The van der Waals surface area contributed by atoms with Gasteiger partial charge in [-0.1, -0.05) is 12.1 Å². The first-order chi connectivity index (χ1) is 12.5. The van der Waals surface area contributed by atoms with Crippen molar-refractivity contribution in [2.45, 2.75) is 0 Å². The van der Waals surface area contributed by atoms with Gasteiger partial charge in [0.1, 0.15) is 18.1 Å². The van der Waals surface area contributed by atoms with Crippen LogP contribution in [0.15, 0.2) is 42.5 Å². The molecule has 2 aromatic rings. The summed E-state index contributed by atoms with van der Waals surface area (Å²) < 4.78 is 29.2. The first-order valence-electron chi connectivity index (χ1n) is 8.11. The summed E-state index contributed by atoms with van der Waals surface area (Å²) in [5, 5.41) is 2.80. The van der Waals surface area contributed by atoms with Crippen molar-refractivity contribution < 1.29 is 23.4 Å². The topological polar surface area (TPSA) is 60.0 Å². The van der Waals surface area contributed by atoms with Gasteiger partial charge in [-0.05, 0) is 31.3 Å². The number of para-hydroxylation sites is 1. The number of hydrogen-bond acceptors (Lipinski definition) is 5. The molecule has 6 nitrogen and oxygen atoms in total. The number of rotatable bonds is 9. The van der Waals surface area contributed by atoms with Crippen molar-refractivity contribution in [2.24, 2.45) is 0 Å². The highest BCUT2D eigenvalue weighted by atomic mass is 19.1. The van der Waals surface area contributed by atoms with Gasteiger partial charge in [0.15, 0.2) is 11.6 Å². The summed E-state index contributed by atoms with van der Waals surface area (Å²) in [6, 6.07) is 11.4. The zero-order chi connectivity index (χ0) is 18.9. The van der Waals surface area contributed by atoms with Crippen LogP contribution in [-0.2, 0) is 4.79 Å². The largest absolute Gasteiger partial charge is 0.497 e. The molecule has 26 heavy (non-hydrogen) atoms. The second-order valence-corrected chi connectivity index (χ2v) is 5.63. The first kappa shape index (κ1) is 19.5. The maximum absolute atomic E-state index is 13.5. The van der Waals surface area contributed by atoms with E-state index in [0.717, 1.165) is 0 Å². The molecule has 140 valence electrons. The Morgan fingerprint density at radius 2 is 1.88 bits per heavy atom. The number of carbonyl (C=O) groups is 1. The Morgan fingerprint density at radius 1 is 1.12 bits per heavy atom. The van der Waals surface area contributed by atoms with Crippen LogP contribution >= 0.6 is 0 Å². The Kier molecular flexibility index (Phi) is 7.23. The molecule has 0 atom stereocenters. The average Bonchev–Trinajstić information content (AvgIpc) is 2.63. The van der Waals surface area contributed by atoms with Crippen LogP contribution in [0, 0.1) is 5.82 Å². The van der Waals surface area contributed by atoms with Crippen LogP contribution in [0.3, 0.4) is 0 Å². The van der Waals surface area contributed by atoms with Crippen LogP contribution in [0.2, 0.25) is 0 Å². The molecule has 0 unspecified atom stereocenters. The third-order valence-corrected chi connectivity index (χ3v) is 3.66. The number of hydrogen-bond donors (Lipinski definition) is 1. The third-order valence-electron chi connectivity index (χ3n) is 3.66. The predicted molar refractivity (Wildman–Crippen MR) is 97.6 cm³/mol. The summed E-state index contributed by atoms with van der Waals surface area (Å²) in [5.74, 6) is 0.764. The van der Waals surface area contributed by atoms with Gasteiger partial charge in [-0.25, -0.2) is 4.39 Å². The van der Waals surface area contributed by atoms with E-state index in [4.69, 9.17) is 14.2 Å². The van der Waals surface area contributed by atoms with Crippen molar-refractivity contribution in [3.05, 3.63) is 48.3 Å². The quantitative estimate of drug-likeness (QED) is 0.743. The van der Waals surface area contributed by atoms with E-state index in [1.165, 1.54) is 13.2 Å². The first-order valence-corrected chi connectivity index (χ1v) is 8.11. The number of carbonyl (C=O) groups excluding carboxylic acids is 1. The van der Waals surface area contributed by atoms with Gasteiger partial charge in [0.2, 0.25) is 5.91 Å². The number of ether oxygens (including phenoxy) is 3. The lowest BCUT2D eigenvalue weighted by Gasteiger charge is -2.17. The lowest BCUT2D eigenvalue weighted by molar-refractivity contribution is -0.117. The fraction of sp³-hybridized carbons (Fsp3) is 0.316. The highest BCUT2D eigenvalue weighted by Gasteiger charge is 2.11. The number of anilines is 1. The SMILES string of the molecule is COc1ccc(NC(=O)CN(C)CCOc2ccccc2F)c(OC)c1. The normalized spacial score (nSPS) is 10.5. The second-order valence-electron chi connectivity index (χ2n) is 5.63. The maximum Gasteiger partial charge on any atom is 0.238 e. The standard InChI is InChI=1S/C19H23FN2O4/c1-22(10-11-26-17-7-5-4-6-15(17)20)13-19(23)21-16-9-8-14(24-2)12-18(16)25-3/h4-9,12H,10-11,13H2,1-3H3,(H,21,23). The van der Waals surface area contributed by atoms with Crippen LogP contribution in [0.1, 0.15) is 0 Å². The zero-order valence-corrected chi connectivity index (χ0v) is 15.1. The molecule has 0 heterocycles. The highest BCUT2D eigenvalue weighted by Crippen LogP contribution is 2.28. The molecule has 0 bridgehead atoms. The maximum atomic E-state index is 13.5. The van der Waals surface area contributed by atoms with Crippen molar-refractivity contribution in [3.63, 3.8) is 0 Å². The molecule has 0 fully saturated rings. The average molecular weight is 362 g/mol. The van der Waals surface area contributed by atoms with E-state index >= 15 is 0 Å². The summed E-state index contributed by atoms with van der Waals surface area (Å²) in [5.41, 5.74) is 0.564. The fourth-order valence-corrected chi connectivity index (χ4v) is 2.29. The Labute approximate surface area is 152 Å². The number of nitrogens with one attached hydrogen (secondary N) is 1. The molecule has 1 N–H and O–H groups in total. The summed E-state index contributed by atoms with van der Waals surface area (Å²) >= 11 is 0. The van der Waals surface area contributed by atoms with E-state index in [9.17, 15) is 9.18 Å². The molecule has 2 rings (SSSR count). The van der Waals surface area contributed by atoms with Crippen molar-refractivity contribution in [2.75, 3.05) is 46.3 Å². The molecule has 0 aromatic heterocycles. The molecule has 0 aliphatic rings. The van der Waals surface area contributed by atoms with Crippen molar-refractivity contribution in [3.8, 4) is 17.2 Å². The minimum Gasteiger partial charge on any atom is -0.497 e. The van der Waals surface area contributed by atoms with Gasteiger partial charge in [0.05, 0.1) is 26.5 Å². The van der Waals surface area contributed by atoms with E-state index in [2.05, 4.69) is 5.32 Å². The van der Waals surface area contributed by atoms with E-state index in [0.29, 0.717) is 23.7 Å². The minimum atomic E-state index is -0.403. The van der Waals surface area contributed by atoms with Crippen molar-refractivity contribution in [1.82, 2.24) is 4.90 Å². The number of benzene rings is 2. The number of likely N-dealkylation sites (N-methyl/N-ethyl adjacent to an activating group) is 1. The highest BCUT2D eigenvalue weighted by molar-refractivity contribution is 5.93. The Morgan fingerprint density at radius 3 is 2.58 bits per heavy atom. The summed E-state index contributed by atoms with van der Waals surface area (Å²) in [7, 11) is 4.87. The smallest absolute Gasteiger partial charge is 0.238 e. The Bertz CT molecular complexity index is 739. The van der Waals surface area contributed by atoms with Gasteiger partial charge >= 0.3 is 0 Å². The molecule has 0 saturated carbocycles. The van der Waals surface area contributed by atoms with E-state index in [-0.39, 0.29) is 24.8 Å². The molecule has 0 saturated heterocycles. The van der Waals surface area contributed by atoms with Gasteiger partial charge in [-0.2, -0.15) is 0 Å². The van der Waals surface area contributed by atoms with Crippen LogP contribution in [0.25, 0.3) is 0 Å². The molecular formula is C19H23FN2O4. The Balaban J connectivity index is 1.81. The molecular weight excluding hydrogens is 339 g/mol. The van der Waals surface area contributed by atoms with Gasteiger partial charge in [-0.15, -0.1) is 0 Å². The second kappa shape index (κ2) is 9.62. The molecule has 0 aliphatic carbocycles. The molecule has 7 heteroatoms. The predicted octanol–water partition coefficient (Wildman–Crippen LogP) is 2.79. The Hall–Kier alpha value is -2.80. The lowest BCUT2D eigenvalue weighted by Crippen LogP contribution is -2.33. The van der Waals surface area contributed by atoms with Gasteiger partial charge in [-0.3, -0.25) is 9.69 Å². The summed E-state index contributed by atoms with van der Waals surface area (Å²) in [6.07, 6.45) is 0. The summed E-state index contributed by atoms with van der Waals surface area (Å²) in [6.45, 7) is 0.911. The van der Waals surface area contributed by atoms with Crippen molar-refractivity contribution in [1.29, 1.82) is 0 Å². The van der Waals surface area contributed by atoms with E-state index in [1.54, 1.807) is 55.5 Å². The number of nitrogens with zero attached hydrogens (tertiary/aromatic N) is 1. The molecule has 1 amide bonds.